The van der Waals surface area contributed by atoms with Gasteiger partial charge < -0.3 is 5.32 Å². The fraction of sp³-hybridized carbons (Fsp3) is 0.400. The van der Waals surface area contributed by atoms with Crippen molar-refractivity contribution >= 4 is 28.9 Å². The molecule has 13 heavy (non-hydrogen) atoms. The Hall–Kier alpha value is -0.400. The fourth-order valence-electron chi connectivity index (χ4n) is 1.38. The number of benzene rings is 1. The molecule has 1 fully saturated rings. The van der Waals surface area contributed by atoms with Crippen LogP contribution in [0.15, 0.2) is 18.2 Å². The van der Waals surface area contributed by atoms with Crippen LogP contribution in [-0.4, -0.2) is 6.04 Å². The Balaban J connectivity index is 2.13. The van der Waals surface area contributed by atoms with E-state index in [4.69, 9.17) is 23.2 Å². The van der Waals surface area contributed by atoms with Crippen molar-refractivity contribution < 1.29 is 0 Å². The lowest BCUT2D eigenvalue weighted by Gasteiger charge is -2.27. The summed E-state index contributed by atoms with van der Waals surface area (Å²) < 4.78 is 0. The molecule has 1 N–H and O–H groups in total. The highest BCUT2D eigenvalue weighted by molar-refractivity contribution is 6.35. The topological polar surface area (TPSA) is 12.0 Å². The molecular formula is C10H11Cl2N. The van der Waals surface area contributed by atoms with Crippen LogP contribution in [0.1, 0.15) is 19.3 Å². The summed E-state index contributed by atoms with van der Waals surface area (Å²) in [5, 5.41) is 4.85. The Morgan fingerprint density at radius 3 is 2.62 bits per heavy atom. The largest absolute Gasteiger partial charge is 0.381 e. The Morgan fingerprint density at radius 1 is 1.23 bits per heavy atom. The summed E-state index contributed by atoms with van der Waals surface area (Å²) in [5.74, 6) is 0. The third-order valence-corrected chi connectivity index (χ3v) is 2.96. The number of halogens is 2. The second kappa shape index (κ2) is 3.77. The van der Waals surface area contributed by atoms with E-state index >= 15 is 0 Å². The molecule has 0 unspecified atom stereocenters. The predicted octanol–water partition coefficient (Wildman–Crippen LogP) is 3.96. The SMILES string of the molecule is Clc1ccc(Cl)c(NC2CCC2)c1. The molecular weight excluding hydrogens is 205 g/mol. The smallest absolute Gasteiger partial charge is 0.0638 e. The van der Waals surface area contributed by atoms with Crippen LogP contribution in [0.3, 0.4) is 0 Å². The molecule has 1 aliphatic rings. The molecule has 1 aliphatic carbocycles. The summed E-state index contributed by atoms with van der Waals surface area (Å²) in [6, 6.07) is 6.10. The van der Waals surface area contributed by atoms with Gasteiger partial charge in [0.1, 0.15) is 0 Å². The standard InChI is InChI=1S/C10H11Cl2N/c11-7-4-5-9(12)10(6-7)13-8-2-1-3-8/h4-6,8,13H,1-3H2. The van der Waals surface area contributed by atoms with Gasteiger partial charge in [-0.05, 0) is 37.5 Å². The van der Waals surface area contributed by atoms with Crippen LogP contribution in [0.5, 0.6) is 0 Å². The van der Waals surface area contributed by atoms with Gasteiger partial charge in [-0.2, -0.15) is 0 Å². The van der Waals surface area contributed by atoms with Crippen LogP contribution in [0.25, 0.3) is 0 Å². The van der Waals surface area contributed by atoms with Gasteiger partial charge in [0.25, 0.3) is 0 Å². The van der Waals surface area contributed by atoms with Crippen molar-refractivity contribution in [2.75, 3.05) is 5.32 Å². The minimum absolute atomic E-state index is 0.593. The first kappa shape index (κ1) is 9.17. The zero-order valence-corrected chi connectivity index (χ0v) is 8.70. The second-order valence-electron chi connectivity index (χ2n) is 3.40. The zero-order chi connectivity index (χ0) is 9.26. The molecule has 0 aromatic heterocycles. The van der Waals surface area contributed by atoms with Crippen molar-refractivity contribution in [1.29, 1.82) is 0 Å². The highest BCUT2D eigenvalue weighted by Crippen LogP contribution is 2.29. The van der Waals surface area contributed by atoms with Gasteiger partial charge in [0.2, 0.25) is 0 Å². The lowest BCUT2D eigenvalue weighted by Crippen LogP contribution is -2.27. The Bertz CT molecular complexity index is 308. The van der Waals surface area contributed by atoms with Gasteiger partial charge in [-0.3, -0.25) is 0 Å². The van der Waals surface area contributed by atoms with E-state index in [0.29, 0.717) is 6.04 Å². The minimum atomic E-state index is 0.593. The van der Waals surface area contributed by atoms with E-state index in [9.17, 15) is 0 Å². The van der Waals surface area contributed by atoms with Crippen molar-refractivity contribution in [3.63, 3.8) is 0 Å². The summed E-state index contributed by atoms with van der Waals surface area (Å²) in [7, 11) is 0. The molecule has 1 saturated carbocycles. The molecule has 0 saturated heterocycles. The summed E-state index contributed by atoms with van der Waals surface area (Å²) in [4.78, 5) is 0. The quantitative estimate of drug-likeness (QED) is 0.788. The van der Waals surface area contributed by atoms with Crippen molar-refractivity contribution in [2.24, 2.45) is 0 Å². The van der Waals surface area contributed by atoms with E-state index in [2.05, 4.69) is 5.32 Å². The van der Waals surface area contributed by atoms with Gasteiger partial charge in [0.15, 0.2) is 0 Å². The van der Waals surface area contributed by atoms with E-state index in [0.717, 1.165) is 15.7 Å². The summed E-state index contributed by atoms with van der Waals surface area (Å²) in [5.41, 5.74) is 0.957. The number of nitrogens with one attached hydrogen (secondary N) is 1. The average molecular weight is 216 g/mol. The van der Waals surface area contributed by atoms with Gasteiger partial charge in [-0.1, -0.05) is 23.2 Å². The van der Waals surface area contributed by atoms with Gasteiger partial charge in [-0.25, -0.2) is 0 Å². The first-order chi connectivity index (χ1) is 6.25. The van der Waals surface area contributed by atoms with Crippen molar-refractivity contribution in [3.8, 4) is 0 Å². The number of hydrogen-bond acceptors (Lipinski definition) is 1. The maximum Gasteiger partial charge on any atom is 0.0638 e. The maximum absolute atomic E-state index is 6.00. The average Bonchev–Trinajstić information content (AvgIpc) is 2.03. The van der Waals surface area contributed by atoms with Crippen LogP contribution in [-0.2, 0) is 0 Å². The summed E-state index contributed by atoms with van der Waals surface area (Å²) in [6.45, 7) is 0. The van der Waals surface area contributed by atoms with Crippen molar-refractivity contribution in [2.45, 2.75) is 25.3 Å². The molecule has 0 heterocycles. The van der Waals surface area contributed by atoms with Crippen molar-refractivity contribution in [1.82, 2.24) is 0 Å². The molecule has 1 nitrogen and oxygen atoms in total. The predicted molar refractivity (Wildman–Crippen MR) is 57.7 cm³/mol. The Kier molecular flexibility index (Phi) is 2.66. The monoisotopic (exact) mass is 215 g/mol. The zero-order valence-electron chi connectivity index (χ0n) is 7.19. The number of rotatable bonds is 2. The molecule has 1 aromatic rings. The van der Waals surface area contributed by atoms with Crippen LogP contribution < -0.4 is 5.32 Å². The summed E-state index contributed by atoms with van der Waals surface area (Å²) in [6.07, 6.45) is 3.79. The minimum Gasteiger partial charge on any atom is -0.381 e. The Labute approximate surface area is 88.0 Å². The molecule has 3 heteroatoms. The maximum atomic E-state index is 6.00. The fourth-order valence-corrected chi connectivity index (χ4v) is 1.72. The highest BCUT2D eigenvalue weighted by Gasteiger charge is 2.17. The van der Waals surface area contributed by atoms with Gasteiger partial charge in [0, 0.05) is 11.1 Å². The first-order valence-electron chi connectivity index (χ1n) is 4.47. The second-order valence-corrected chi connectivity index (χ2v) is 4.24. The molecule has 0 radical (unpaired) electrons. The van der Waals surface area contributed by atoms with E-state index in [-0.39, 0.29) is 0 Å². The molecule has 1 aromatic carbocycles. The van der Waals surface area contributed by atoms with Crippen LogP contribution >= 0.6 is 23.2 Å². The molecule has 0 atom stereocenters. The third-order valence-electron chi connectivity index (χ3n) is 2.39. The molecule has 0 bridgehead atoms. The van der Waals surface area contributed by atoms with Gasteiger partial charge in [-0.15, -0.1) is 0 Å². The van der Waals surface area contributed by atoms with Crippen LogP contribution in [0.2, 0.25) is 10.0 Å². The molecule has 2 rings (SSSR count). The molecule has 0 spiro atoms. The van der Waals surface area contributed by atoms with E-state index < -0.39 is 0 Å². The number of hydrogen-bond donors (Lipinski definition) is 1. The van der Waals surface area contributed by atoms with Crippen LogP contribution in [0, 0.1) is 0 Å². The lowest BCUT2D eigenvalue weighted by molar-refractivity contribution is 0.445. The van der Waals surface area contributed by atoms with E-state index in [1.54, 1.807) is 6.07 Å². The Morgan fingerprint density at radius 2 is 2.00 bits per heavy atom. The lowest BCUT2D eigenvalue weighted by atomic mass is 9.93. The normalized spacial score (nSPS) is 16.8. The highest BCUT2D eigenvalue weighted by atomic mass is 35.5. The third kappa shape index (κ3) is 2.09. The van der Waals surface area contributed by atoms with E-state index in [1.165, 1.54) is 19.3 Å². The molecule has 0 amide bonds. The van der Waals surface area contributed by atoms with E-state index in [1.807, 2.05) is 12.1 Å². The van der Waals surface area contributed by atoms with Crippen molar-refractivity contribution in [3.05, 3.63) is 28.2 Å². The summed E-state index contributed by atoms with van der Waals surface area (Å²) >= 11 is 11.9. The van der Waals surface area contributed by atoms with Crippen LogP contribution in [0.4, 0.5) is 5.69 Å². The first-order valence-corrected chi connectivity index (χ1v) is 5.23. The van der Waals surface area contributed by atoms with Gasteiger partial charge >= 0.3 is 0 Å². The molecule has 70 valence electrons. The molecule has 0 aliphatic heterocycles. The number of anilines is 1. The van der Waals surface area contributed by atoms with Gasteiger partial charge in [0.05, 0.1) is 10.7 Å².